The number of aromatic amines is 1. The number of rotatable bonds is 1. The molecule has 1 fully saturated rings. The van der Waals surface area contributed by atoms with Crippen LogP contribution in [-0.4, -0.2) is 57.2 Å². The highest BCUT2D eigenvalue weighted by molar-refractivity contribution is 5.94. The Balaban J connectivity index is 1.76. The minimum atomic E-state index is -0.535. The summed E-state index contributed by atoms with van der Waals surface area (Å²) in [6, 6.07) is 0. The molecular formula is C19H30N4O3. The fourth-order valence-electron chi connectivity index (χ4n) is 3.93. The number of likely N-dealkylation sites (tertiary alicyclic amines) is 1. The fourth-order valence-corrected chi connectivity index (χ4v) is 3.93. The monoisotopic (exact) mass is 362 g/mol. The standard InChI is InChI=1S/C19H30N4O3/c1-12-8-13(2)10-23(9-12)17(24)16-14-11-22(7-6-15(14)20-21-16)18(25)26-19(3,4)5/h12-13H,6-11H2,1-5H3,(H,20,21). The first-order valence-corrected chi connectivity index (χ1v) is 9.47. The first kappa shape index (κ1) is 18.7. The van der Waals surface area contributed by atoms with E-state index in [-0.39, 0.29) is 12.0 Å². The van der Waals surface area contributed by atoms with Gasteiger partial charge in [-0.05, 0) is 39.0 Å². The molecule has 2 amide bonds. The first-order chi connectivity index (χ1) is 12.1. The van der Waals surface area contributed by atoms with Gasteiger partial charge in [-0.3, -0.25) is 9.89 Å². The third kappa shape index (κ3) is 4.02. The second kappa shape index (κ2) is 6.93. The number of amides is 2. The van der Waals surface area contributed by atoms with Crippen LogP contribution in [0.3, 0.4) is 0 Å². The van der Waals surface area contributed by atoms with E-state index in [0.717, 1.165) is 30.8 Å². The number of carbonyl (C=O) groups excluding carboxylic acids is 2. The van der Waals surface area contributed by atoms with Gasteiger partial charge in [0.25, 0.3) is 5.91 Å². The number of piperidine rings is 1. The largest absolute Gasteiger partial charge is 0.444 e. The summed E-state index contributed by atoms with van der Waals surface area (Å²) in [6.07, 6.45) is 1.46. The van der Waals surface area contributed by atoms with E-state index in [9.17, 15) is 9.59 Å². The van der Waals surface area contributed by atoms with Crippen LogP contribution < -0.4 is 0 Å². The molecule has 1 N–H and O–H groups in total. The Morgan fingerprint density at radius 2 is 1.81 bits per heavy atom. The van der Waals surface area contributed by atoms with Crippen LogP contribution in [0.1, 0.15) is 62.8 Å². The smallest absolute Gasteiger partial charge is 0.410 e. The number of aromatic nitrogens is 2. The molecule has 0 saturated carbocycles. The van der Waals surface area contributed by atoms with Crippen molar-refractivity contribution in [1.82, 2.24) is 20.0 Å². The molecule has 7 nitrogen and oxygen atoms in total. The van der Waals surface area contributed by atoms with Crippen LogP contribution >= 0.6 is 0 Å². The normalized spacial score (nSPS) is 23.6. The lowest BCUT2D eigenvalue weighted by atomic mass is 9.91. The van der Waals surface area contributed by atoms with Gasteiger partial charge in [-0.1, -0.05) is 13.8 Å². The Kier molecular flexibility index (Phi) is 4.99. The minimum absolute atomic E-state index is 0.0352. The highest BCUT2D eigenvalue weighted by Crippen LogP contribution is 2.26. The molecule has 3 heterocycles. The lowest BCUT2D eigenvalue weighted by Gasteiger charge is -2.35. The van der Waals surface area contributed by atoms with Gasteiger partial charge in [-0.25, -0.2) is 4.79 Å². The SMILES string of the molecule is CC1CC(C)CN(C(=O)c2n[nH]c3c2CN(C(=O)OC(C)(C)C)CC3)C1. The minimum Gasteiger partial charge on any atom is -0.444 e. The maximum Gasteiger partial charge on any atom is 0.410 e. The maximum absolute atomic E-state index is 13.0. The van der Waals surface area contributed by atoms with Crippen molar-refractivity contribution in [2.45, 2.75) is 59.6 Å². The molecule has 2 atom stereocenters. The van der Waals surface area contributed by atoms with Crippen molar-refractivity contribution < 1.29 is 14.3 Å². The maximum atomic E-state index is 13.0. The van der Waals surface area contributed by atoms with E-state index in [1.165, 1.54) is 0 Å². The molecule has 1 saturated heterocycles. The van der Waals surface area contributed by atoms with Crippen molar-refractivity contribution in [2.24, 2.45) is 11.8 Å². The molecule has 1 aromatic heterocycles. The molecular weight excluding hydrogens is 332 g/mol. The number of carbonyl (C=O) groups is 2. The number of hydrogen-bond acceptors (Lipinski definition) is 4. The van der Waals surface area contributed by atoms with Crippen LogP contribution in [0.2, 0.25) is 0 Å². The topological polar surface area (TPSA) is 78.5 Å². The summed E-state index contributed by atoms with van der Waals surface area (Å²) in [7, 11) is 0. The molecule has 2 unspecified atom stereocenters. The highest BCUT2D eigenvalue weighted by Gasteiger charge is 2.33. The average molecular weight is 362 g/mol. The van der Waals surface area contributed by atoms with E-state index < -0.39 is 5.60 Å². The number of hydrogen-bond donors (Lipinski definition) is 1. The Morgan fingerprint density at radius 3 is 2.42 bits per heavy atom. The van der Waals surface area contributed by atoms with E-state index in [1.54, 1.807) is 4.90 Å². The molecule has 1 aromatic rings. The van der Waals surface area contributed by atoms with Crippen LogP contribution in [-0.2, 0) is 17.7 Å². The molecule has 2 aliphatic heterocycles. The predicted octanol–water partition coefficient (Wildman–Crippen LogP) is 2.82. The van der Waals surface area contributed by atoms with Gasteiger partial charge in [-0.2, -0.15) is 5.10 Å². The van der Waals surface area contributed by atoms with Crippen LogP contribution in [0, 0.1) is 11.8 Å². The zero-order valence-electron chi connectivity index (χ0n) is 16.5. The van der Waals surface area contributed by atoms with Gasteiger partial charge >= 0.3 is 6.09 Å². The number of fused-ring (bicyclic) bond motifs is 1. The second-order valence-electron chi connectivity index (χ2n) is 8.84. The van der Waals surface area contributed by atoms with Crippen LogP contribution in [0.5, 0.6) is 0 Å². The third-order valence-electron chi connectivity index (χ3n) is 4.94. The number of nitrogens with zero attached hydrogens (tertiary/aromatic N) is 3. The van der Waals surface area contributed by atoms with Crippen molar-refractivity contribution in [3.8, 4) is 0 Å². The van der Waals surface area contributed by atoms with E-state index in [0.29, 0.717) is 37.0 Å². The van der Waals surface area contributed by atoms with Crippen molar-refractivity contribution in [2.75, 3.05) is 19.6 Å². The number of nitrogens with one attached hydrogen (secondary N) is 1. The summed E-state index contributed by atoms with van der Waals surface area (Å²) in [5.41, 5.74) is 1.70. The van der Waals surface area contributed by atoms with Crippen molar-refractivity contribution in [3.63, 3.8) is 0 Å². The Labute approximate surface area is 155 Å². The average Bonchev–Trinajstić information content (AvgIpc) is 2.94. The van der Waals surface area contributed by atoms with E-state index in [1.807, 2.05) is 25.7 Å². The molecule has 26 heavy (non-hydrogen) atoms. The Bertz CT molecular complexity index is 681. The van der Waals surface area contributed by atoms with Gasteiger partial charge in [0.05, 0.1) is 6.54 Å². The zero-order chi connectivity index (χ0) is 19.1. The van der Waals surface area contributed by atoms with Crippen LogP contribution in [0.4, 0.5) is 4.79 Å². The fraction of sp³-hybridized carbons (Fsp3) is 0.737. The second-order valence-corrected chi connectivity index (χ2v) is 8.84. The van der Waals surface area contributed by atoms with E-state index in [4.69, 9.17) is 4.74 Å². The molecule has 3 rings (SSSR count). The molecule has 0 aliphatic carbocycles. The summed E-state index contributed by atoms with van der Waals surface area (Å²) in [4.78, 5) is 29.0. The molecule has 0 bridgehead atoms. The number of ether oxygens (including phenoxy) is 1. The Morgan fingerprint density at radius 1 is 1.15 bits per heavy atom. The van der Waals surface area contributed by atoms with Gasteiger partial charge < -0.3 is 14.5 Å². The van der Waals surface area contributed by atoms with Gasteiger partial charge in [0.2, 0.25) is 0 Å². The Hall–Kier alpha value is -2.05. The molecule has 144 valence electrons. The van der Waals surface area contributed by atoms with Crippen molar-refractivity contribution in [1.29, 1.82) is 0 Å². The summed E-state index contributed by atoms with van der Waals surface area (Å²) in [5, 5.41) is 7.30. The zero-order valence-corrected chi connectivity index (χ0v) is 16.5. The van der Waals surface area contributed by atoms with Crippen LogP contribution in [0.15, 0.2) is 0 Å². The van der Waals surface area contributed by atoms with Crippen molar-refractivity contribution >= 4 is 12.0 Å². The van der Waals surface area contributed by atoms with E-state index in [2.05, 4.69) is 24.0 Å². The number of H-pyrrole nitrogens is 1. The summed E-state index contributed by atoms with van der Waals surface area (Å²) in [6.45, 7) is 12.4. The third-order valence-corrected chi connectivity index (χ3v) is 4.94. The summed E-state index contributed by atoms with van der Waals surface area (Å²) < 4.78 is 5.47. The van der Waals surface area contributed by atoms with Gasteiger partial charge in [-0.15, -0.1) is 0 Å². The lowest BCUT2D eigenvalue weighted by molar-refractivity contribution is 0.0221. The molecule has 0 radical (unpaired) electrons. The lowest BCUT2D eigenvalue weighted by Crippen LogP contribution is -2.44. The predicted molar refractivity (Wildman–Crippen MR) is 97.8 cm³/mol. The molecule has 2 aliphatic rings. The van der Waals surface area contributed by atoms with Crippen LogP contribution in [0.25, 0.3) is 0 Å². The van der Waals surface area contributed by atoms with Gasteiger partial charge in [0, 0.05) is 37.3 Å². The van der Waals surface area contributed by atoms with Gasteiger partial charge in [0.1, 0.15) is 5.60 Å². The summed E-state index contributed by atoms with van der Waals surface area (Å²) in [5.74, 6) is 0.957. The summed E-state index contributed by atoms with van der Waals surface area (Å²) >= 11 is 0. The highest BCUT2D eigenvalue weighted by atomic mass is 16.6. The molecule has 7 heteroatoms. The quantitative estimate of drug-likeness (QED) is 0.833. The first-order valence-electron chi connectivity index (χ1n) is 9.47. The van der Waals surface area contributed by atoms with E-state index >= 15 is 0 Å². The van der Waals surface area contributed by atoms with Crippen molar-refractivity contribution in [3.05, 3.63) is 17.0 Å². The molecule has 0 spiro atoms. The molecule has 0 aromatic carbocycles. The van der Waals surface area contributed by atoms with Gasteiger partial charge in [0.15, 0.2) is 5.69 Å².